The molecule has 1 heterocycles. The molecule has 3 nitrogen and oxygen atoms in total. The molecule has 0 aliphatic rings. The Bertz CT molecular complexity index is 796. The molecule has 3 rings (SSSR count). The van der Waals surface area contributed by atoms with Crippen LogP contribution in [0.3, 0.4) is 0 Å². The quantitative estimate of drug-likeness (QED) is 0.784. The normalized spacial score (nSPS) is 10.8. The van der Waals surface area contributed by atoms with Crippen molar-refractivity contribution in [2.24, 2.45) is 5.73 Å². The van der Waals surface area contributed by atoms with Crippen LogP contribution >= 0.6 is 0 Å². The first kappa shape index (κ1) is 13.6. The fraction of sp³-hybridized carbons (Fsp3) is 0.167. The van der Waals surface area contributed by atoms with Crippen LogP contribution in [-0.2, 0) is 6.54 Å². The van der Waals surface area contributed by atoms with Crippen molar-refractivity contribution in [3.05, 3.63) is 65.4 Å². The maximum Gasteiger partial charge on any atom is 0.227 e. The van der Waals surface area contributed by atoms with Crippen molar-refractivity contribution < 1.29 is 4.74 Å². The highest BCUT2D eigenvalue weighted by molar-refractivity contribution is 5.89. The summed E-state index contributed by atoms with van der Waals surface area (Å²) in [7, 11) is 0. The SMILES string of the molecule is Cc1ccc(C)c(Oc2ncc(CN)c3ccccc23)c1. The molecule has 0 saturated heterocycles. The van der Waals surface area contributed by atoms with Gasteiger partial charge in [0, 0.05) is 18.1 Å². The Labute approximate surface area is 124 Å². The summed E-state index contributed by atoms with van der Waals surface area (Å²) in [5.41, 5.74) is 9.07. The molecule has 3 heteroatoms. The van der Waals surface area contributed by atoms with Gasteiger partial charge >= 0.3 is 0 Å². The summed E-state index contributed by atoms with van der Waals surface area (Å²) < 4.78 is 6.05. The lowest BCUT2D eigenvalue weighted by Crippen LogP contribution is -2.00. The number of aryl methyl sites for hydroxylation is 2. The standard InChI is InChI=1S/C18H18N2O/c1-12-7-8-13(2)17(9-12)21-18-16-6-4-3-5-15(16)14(10-19)11-20-18/h3-9,11H,10,19H2,1-2H3. The number of fused-ring (bicyclic) bond motifs is 1. The Kier molecular flexibility index (Phi) is 3.59. The third kappa shape index (κ3) is 2.60. The third-order valence-corrected chi connectivity index (χ3v) is 3.61. The first-order valence-corrected chi connectivity index (χ1v) is 7.01. The molecular weight excluding hydrogens is 260 g/mol. The molecule has 0 amide bonds. The average molecular weight is 278 g/mol. The molecule has 3 aromatic rings. The summed E-state index contributed by atoms with van der Waals surface area (Å²) in [6, 6.07) is 14.2. The monoisotopic (exact) mass is 278 g/mol. The molecule has 0 bridgehead atoms. The molecule has 0 aliphatic carbocycles. The number of benzene rings is 2. The zero-order valence-corrected chi connectivity index (χ0v) is 12.3. The van der Waals surface area contributed by atoms with Crippen LogP contribution in [0.15, 0.2) is 48.7 Å². The molecule has 2 N–H and O–H groups in total. The molecule has 0 spiro atoms. The maximum atomic E-state index is 6.05. The second-order valence-corrected chi connectivity index (χ2v) is 5.21. The van der Waals surface area contributed by atoms with Crippen molar-refractivity contribution in [3.63, 3.8) is 0 Å². The molecule has 106 valence electrons. The summed E-state index contributed by atoms with van der Waals surface area (Å²) in [6.45, 7) is 4.55. The summed E-state index contributed by atoms with van der Waals surface area (Å²) >= 11 is 0. The van der Waals surface area contributed by atoms with Crippen LogP contribution in [0.25, 0.3) is 10.8 Å². The first-order chi connectivity index (χ1) is 10.2. The van der Waals surface area contributed by atoms with E-state index < -0.39 is 0 Å². The van der Waals surface area contributed by atoms with Crippen LogP contribution in [0.2, 0.25) is 0 Å². The summed E-state index contributed by atoms with van der Waals surface area (Å²) in [4.78, 5) is 4.44. The van der Waals surface area contributed by atoms with Crippen molar-refractivity contribution in [2.75, 3.05) is 0 Å². The van der Waals surface area contributed by atoms with Crippen molar-refractivity contribution in [1.29, 1.82) is 0 Å². The molecule has 0 unspecified atom stereocenters. The van der Waals surface area contributed by atoms with E-state index in [2.05, 4.69) is 30.1 Å². The van der Waals surface area contributed by atoms with E-state index in [0.29, 0.717) is 12.4 Å². The molecule has 0 atom stereocenters. The van der Waals surface area contributed by atoms with E-state index in [4.69, 9.17) is 10.5 Å². The van der Waals surface area contributed by atoms with Crippen LogP contribution < -0.4 is 10.5 Å². The minimum Gasteiger partial charge on any atom is -0.438 e. The van der Waals surface area contributed by atoms with Crippen molar-refractivity contribution in [1.82, 2.24) is 4.98 Å². The van der Waals surface area contributed by atoms with E-state index in [0.717, 1.165) is 27.6 Å². The summed E-state index contributed by atoms with van der Waals surface area (Å²) in [5.74, 6) is 1.46. The first-order valence-electron chi connectivity index (χ1n) is 7.01. The lowest BCUT2D eigenvalue weighted by Gasteiger charge is -2.12. The van der Waals surface area contributed by atoms with Gasteiger partial charge in [0.05, 0.1) is 0 Å². The van der Waals surface area contributed by atoms with Gasteiger partial charge in [-0.25, -0.2) is 4.98 Å². The molecule has 1 aromatic heterocycles. The van der Waals surface area contributed by atoms with Crippen LogP contribution in [0, 0.1) is 13.8 Å². The fourth-order valence-electron chi connectivity index (χ4n) is 2.39. The minimum atomic E-state index is 0.470. The molecule has 2 aromatic carbocycles. The maximum absolute atomic E-state index is 6.05. The largest absolute Gasteiger partial charge is 0.438 e. The van der Waals surface area contributed by atoms with E-state index in [1.54, 1.807) is 6.20 Å². The Morgan fingerprint density at radius 1 is 1.05 bits per heavy atom. The summed E-state index contributed by atoms with van der Waals surface area (Å²) in [5, 5.41) is 2.08. The minimum absolute atomic E-state index is 0.470. The highest BCUT2D eigenvalue weighted by atomic mass is 16.5. The molecule has 21 heavy (non-hydrogen) atoms. The number of nitrogens with two attached hydrogens (primary N) is 1. The lowest BCUT2D eigenvalue weighted by molar-refractivity contribution is 0.465. The van der Waals surface area contributed by atoms with Gasteiger partial charge in [-0.05, 0) is 48.1 Å². The summed E-state index contributed by atoms with van der Waals surface area (Å²) in [6.07, 6.45) is 1.79. The van der Waals surface area contributed by atoms with Gasteiger partial charge in [0.2, 0.25) is 5.88 Å². The van der Waals surface area contributed by atoms with E-state index in [-0.39, 0.29) is 0 Å². The topological polar surface area (TPSA) is 48.1 Å². The van der Waals surface area contributed by atoms with Crippen molar-refractivity contribution in [2.45, 2.75) is 20.4 Å². The van der Waals surface area contributed by atoms with Crippen molar-refractivity contribution in [3.8, 4) is 11.6 Å². The molecule has 0 radical (unpaired) electrons. The van der Waals surface area contributed by atoms with Crippen LogP contribution in [0.5, 0.6) is 11.6 Å². The Balaban J connectivity index is 2.11. The predicted molar refractivity (Wildman–Crippen MR) is 85.6 cm³/mol. The molecule has 0 aliphatic heterocycles. The number of nitrogens with zero attached hydrogens (tertiary/aromatic N) is 1. The molecular formula is C18H18N2O. The second kappa shape index (κ2) is 5.54. The van der Waals surface area contributed by atoms with Crippen molar-refractivity contribution >= 4 is 10.8 Å². The van der Waals surface area contributed by atoms with Gasteiger partial charge in [0.1, 0.15) is 5.75 Å². The van der Waals surface area contributed by atoms with Gasteiger partial charge in [-0.1, -0.05) is 30.3 Å². The fourth-order valence-corrected chi connectivity index (χ4v) is 2.39. The van der Waals surface area contributed by atoms with E-state index in [9.17, 15) is 0 Å². The van der Waals surface area contributed by atoms with Gasteiger partial charge in [-0.2, -0.15) is 0 Å². The van der Waals surface area contributed by atoms with E-state index in [1.165, 1.54) is 5.56 Å². The van der Waals surface area contributed by atoms with Gasteiger partial charge in [-0.3, -0.25) is 0 Å². The molecule has 0 saturated carbocycles. The van der Waals surface area contributed by atoms with Gasteiger partial charge < -0.3 is 10.5 Å². The second-order valence-electron chi connectivity index (χ2n) is 5.21. The van der Waals surface area contributed by atoms with Gasteiger partial charge in [0.25, 0.3) is 0 Å². The number of aromatic nitrogens is 1. The van der Waals surface area contributed by atoms with Crippen LogP contribution in [-0.4, -0.2) is 4.98 Å². The number of pyridine rings is 1. The van der Waals surface area contributed by atoms with Crippen LogP contribution in [0.1, 0.15) is 16.7 Å². The molecule has 0 fully saturated rings. The highest BCUT2D eigenvalue weighted by Gasteiger charge is 2.09. The Morgan fingerprint density at radius 3 is 2.57 bits per heavy atom. The number of ether oxygens (including phenoxy) is 1. The number of hydrogen-bond acceptors (Lipinski definition) is 3. The Morgan fingerprint density at radius 2 is 1.81 bits per heavy atom. The number of rotatable bonds is 3. The Hall–Kier alpha value is -2.39. The highest BCUT2D eigenvalue weighted by Crippen LogP contribution is 2.31. The van der Waals surface area contributed by atoms with Gasteiger partial charge in [-0.15, -0.1) is 0 Å². The van der Waals surface area contributed by atoms with E-state index >= 15 is 0 Å². The zero-order chi connectivity index (χ0) is 14.8. The number of hydrogen-bond donors (Lipinski definition) is 1. The van der Waals surface area contributed by atoms with Gasteiger partial charge in [0.15, 0.2) is 0 Å². The van der Waals surface area contributed by atoms with E-state index in [1.807, 2.05) is 31.2 Å². The van der Waals surface area contributed by atoms with Crippen LogP contribution in [0.4, 0.5) is 0 Å². The zero-order valence-electron chi connectivity index (χ0n) is 12.3. The lowest BCUT2D eigenvalue weighted by atomic mass is 10.1. The predicted octanol–water partition coefficient (Wildman–Crippen LogP) is 4.10. The smallest absolute Gasteiger partial charge is 0.227 e. The average Bonchev–Trinajstić information content (AvgIpc) is 2.51. The third-order valence-electron chi connectivity index (χ3n) is 3.61.